The van der Waals surface area contributed by atoms with Crippen LogP contribution in [0.15, 0.2) is 0 Å². The molecule has 3 atom stereocenters. The molecule has 88 valence electrons. The zero-order chi connectivity index (χ0) is 10.7. The largest absolute Gasteiger partial charge is 0.377 e. The summed E-state index contributed by atoms with van der Waals surface area (Å²) >= 11 is 0. The van der Waals surface area contributed by atoms with E-state index in [0.29, 0.717) is 18.2 Å². The number of morpholine rings is 1. The van der Waals surface area contributed by atoms with Gasteiger partial charge in [0.25, 0.3) is 0 Å². The van der Waals surface area contributed by atoms with Crippen molar-refractivity contribution in [2.45, 2.75) is 31.6 Å². The van der Waals surface area contributed by atoms with Crippen molar-refractivity contribution >= 4 is 0 Å². The van der Waals surface area contributed by atoms with Crippen molar-refractivity contribution in [2.75, 3.05) is 39.9 Å². The molecule has 2 fully saturated rings. The standard InChI is InChI=1S/C11H22N2O2/c1-9-11(3-5-14-9)12-7-10-8-13(2)4-6-15-10/h9-12H,3-8H2,1-2H3/t9-,10+,11-/m0/s1. The molecule has 4 heteroatoms. The second kappa shape index (κ2) is 5.25. The van der Waals surface area contributed by atoms with E-state index in [2.05, 4.69) is 24.2 Å². The number of nitrogens with one attached hydrogen (secondary N) is 1. The predicted octanol–water partition coefficient (Wildman–Crippen LogP) is 0.0840. The summed E-state index contributed by atoms with van der Waals surface area (Å²) in [6.45, 7) is 6.93. The molecule has 15 heavy (non-hydrogen) atoms. The van der Waals surface area contributed by atoms with E-state index in [0.717, 1.165) is 39.3 Å². The van der Waals surface area contributed by atoms with Crippen molar-refractivity contribution in [3.8, 4) is 0 Å². The lowest BCUT2D eigenvalue weighted by Gasteiger charge is -2.31. The van der Waals surface area contributed by atoms with Crippen molar-refractivity contribution < 1.29 is 9.47 Å². The van der Waals surface area contributed by atoms with Gasteiger partial charge in [-0.2, -0.15) is 0 Å². The fourth-order valence-electron chi connectivity index (χ4n) is 2.27. The molecule has 0 unspecified atom stereocenters. The van der Waals surface area contributed by atoms with Gasteiger partial charge in [-0.15, -0.1) is 0 Å². The van der Waals surface area contributed by atoms with E-state index in [1.165, 1.54) is 0 Å². The van der Waals surface area contributed by atoms with Gasteiger partial charge in [-0.1, -0.05) is 0 Å². The van der Waals surface area contributed by atoms with E-state index in [-0.39, 0.29) is 0 Å². The van der Waals surface area contributed by atoms with Gasteiger partial charge in [0, 0.05) is 32.3 Å². The van der Waals surface area contributed by atoms with Crippen LogP contribution in [-0.4, -0.2) is 63.0 Å². The average Bonchev–Trinajstić information content (AvgIpc) is 2.61. The Morgan fingerprint density at radius 2 is 2.20 bits per heavy atom. The first-order valence-electron chi connectivity index (χ1n) is 5.91. The summed E-state index contributed by atoms with van der Waals surface area (Å²) in [4.78, 5) is 2.32. The van der Waals surface area contributed by atoms with Crippen LogP contribution in [0.4, 0.5) is 0 Å². The van der Waals surface area contributed by atoms with Crippen LogP contribution < -0.4 is 5.32 Å². The van der Waals surface area contributed by atoms with Crippen LogP contribution in [0.3, 0.4) is 0 Å². The van der Waals surface area contributed by atoms with Crippen LogP contribution in [0, 0.1) is 0 Å². The number of ether oxygens (including phenoxy) is 2. The normalized spacial score (nSPS) is 38.4. The smallest absolute Gasteiger partial charge is 0.0826 e. The van der Waals surface area contributed by atoms with Crippen LogP contribution in [-0.2, 0) is 9.47 Å². The molecule has 4 nitrogen and oxygen atoms in total. The van der Waals surface area contributed by atoms with E-state index in [1.807, 2.05) is 0 Å². The Morgan fingerprint density at radius 1 is 1.33 bits per heavy atom. The SMILES string of the molecule is C[C@@H]1OCC[C@@H]1NC[C@@H]1CN(C)CCO1. The fraction of sp³-hybridized carbons (Fsp3) is 1.00. The second-order valence-corrected chi connectivity index (χ2v) is 4.63. The average molecular weight is 214 g/mol. The van der Waals surface area contributed by atoms with Crippen LogP contribution in [0.5, 0.6) is 0 Å². The first-order valence-corrected chi connectivity index (χ1v) is 5.91. The lowest BCUT2D eigenvalue weighted by Crippen LogP contribution is -2.47. The minimum Gasteiger partial charge on any atom is -0.377 e. The van der Waals surface area contributed by atoms with Crippen molar-refractivity contribution in [1.29, 1.82) is 0 Å². The second-order valence-electron chi connectivity index (χ2n) is 4.63. The molecule has 0 aromatic heterocycles. The van der Waals surface area contributed by atoms with Gasteiger partial charge in [0.15, 0.2) is 0 Å². The third-order valence-electron chi connectivity index (χ3n) is 3.33. The third-order valence-corrected chi connectivity index (χ3v) is 3.33. The molecule has 0 aliphatic carbocycles. The Bertz CT molecular complexity index is 201. The molecule has 2 rings (SSSR count). The molecule has 0 radical (unpaired) electrons. The minimum atomic E-state index is 0.344. The number of hydrogen-bond donors (Lipinski definition) is 1. The molecule has 2 aliphatic heterocycles. The highest BCUT2D eigenvalue weighted by molar-refractivity contribution is 4.81. The Balaban J connectivity index is 1.68. The van der Waals surface area contributed by atoms with Crippen LogP contribution in [0.25, 0.3) is 0 Å². The van der Waals surface area contributed by atoms with E-state index >= 15 is 0 Å². The number of rotatable bonds is 3. The summed E-state index contributed by atoms with van der Waals surface area (Å²) in [7, 11) is 2.15. The number of likely N-dealkylation sites (N-methyl/N-ethyl adjacent to an activating group) is 1. The Hall–Kier alpha value is -0.160. The lowest BCUT2D eigenvalue weighted by molar-refractivity contribution is -0.0202. The molecule has 0 aromatic carbocycles. The Morgan fingerprint density at radius 3 is 2.87 bits per heavy atom. The monoisotopic (exact) mass is 214 g/mol. The first-order chi connectivity index (χ1) is 7.25. The fourth-order valence-corrected chi connectivity index (χ4v) is 2.27. The molecular formula is C11H22N2O2. The van der Waals surface area contributed by atoms with Crippen molar-refractivity contribution in [3.63, 3.8) is 0 Å². The summed E-state index contributed by atoms with van der Waals surface area (Å²) in [5.41, 5.74) is 0. The summed E-state index contributed by atoms with van der Waals surface area (Å²) in [5.74, 6) is 0. The maximum atomic E-state index is 5.70. The van der Waals surface area contributed by atoms with Gasteiger partial charge >= 0.3 is 0 Å². The Labute approximate surface area is 91.9 Å². The molecule has 0 aromatic rings. The van der Waals surface area contributed by atoms with Gasteiger partial charge in [-0.25, -0.2) is 0 Å². The molecule has 0 spiro atoms. The van der Waals surface area contributed by atoms with Crippen molar-refractivity contribution in [3.05, 3.63) is 0 Å². The first kappa shape index (κ1) is 11.3. The summed E-state index contributed by atoms with van der Waals surface area (Å²) in [5, 5.41) is 3.54. The van der Waals surface area contributed by atoms with Crippen LogP contribution in [0.2, 0.25) is 0 Å². The number of hydrogen-bond acceptors (Lipinski definition) is 4. The van der Waals surface area contributed by atoms with Gasteiger partial charge < -0.3 is 19.7 Å². The zero-order valence-corrected chi connectivity index (χ0v) is 9.74. The van der Waals surface area contributed by atoms with Crippen LogP contribution >= 0.6 is 0 Å². The highest BCUT2D eigenvalue weighted by Crippen LogP contribution is 2.13. The minimum absolute atomic E-state index is 0.344. The maximum Gasteiger partial charge on any atom is 0.0826 e. The number of nitrogens with zero attached hydrogens (tertiary/aromatic N) is 1. The zero-order valence-electron chi connectivity index (χ0n) is 9.74. The van der Waals surface area contributed by atoms with E-state index < -0.39 is 0 Å². The van der Waals surface area contributed by atoms with Crippen molar-refractivity contribution in [2.24, 2.45) is 0 Å². The molecule has 0 amide bonds. The lowest BCUT2D eigenvalue weighted by atomic mass is 10.1. The molecule has 2 heterocycles. The maximum absolute atomic E-state index is 5.70. The summed E-state index contributed by atoms with van der Waals surface area (Å²) in [6.07, 6.45) is 1.83. The van der Waals surface area contributed by atoms with Gasteiger partial charge in [0.05, 0.1) is 18.8 Å². The van der Waals surface area contributed by atoms with Gasteiger partial charge in [0.2, 0.25) is 0 Å². The summed E-state index contributed by atoms with van der Waals surface area (Å²) in [6, 6.07) is 0.515. The van der Waals surface area contributed by atoms with Crippen molar-refractivity contribution in [1.82, 2.24) is 10.2 Å². The molecule has 2 aliphatic rings. The van der Waals surface area contributed by atoms with Crippen LogP contribution in [0.1, 0.15) is 13.3 Å². The topological polar surface area (TPSA) is 33.7 Å². The quantitative estimate of drug-likeness (QED) is 0.721. The van der Waals surface area contributed by atoms with E-state index in [4.69, 9.17) is 9.47 Å². The third kappa shape index (κ3) is 3.14. The molecular weight excluding hydrogens is 192 g/mol. The van der Waals surface area contributed by atoms with E-state index in [9.17, 15) is 0 Å². The molecule has 1 N–H and O–H groups in total. The van der Waals surface area contributed by atoms with Gasteiger partial charge in [0.1, 0.15) is 0 Å². The predicted molar refractivity (Wildman–Crippen MR) is 59.1 cm³/mol. The molecule has 0 bridgehead atoms. The summed E-state index contributed by atoms with van der Waals surface area (Å²) < 4.78 is 11.2. The van der Waals surface area contributed by atoms with Gasteiger partial charge in [-0.3, -0.25) is 0 Å². The Kier molecular flexibility index (Phi) is 3.97. The highest BCUT2D eigenvalue weighted by Gasteiger charge is 2.25. The van der Waals surface area contributed by atoms with Gasteiger partial charge in [-0.05, 0) is 20.4 Å². The van der Waals surface area contributed by atoms with E-state index in [1.54, 1.807) is 0 Å². The molecule has 2 saturated heterocycles. The highest BCUT2D eigenvalue weighted by atomic mass is 16.5. The molecule has 0 saturated carbocycles.